The maximum absolute atomic E-state index is 13.3. The predicted octanol–water partition coefficient (Wildman–Crippen LogP) is 6.21. The molecule has 0 amide bonds. The van der Waals surface area contributed by atoms with E-state index in [0.717, 1.165) is 41.5 Å². The Balaban J connectivity index is 2.15. The topological polar surface area (TPSA) is 91.4 Å². The van der Waals surface area contributed by atoms with Crippen molar-refractivity contribution in [3.05, 3.63) is 46.6 Å². The number of fused-ring (bicyclic) bond motifs is 2. The molecular formula is C22H28NO5PS2. The van der Waals surface area contributed by atoms with Crippen molar-refractivity contribution < 1.29 is 18.2 Å². The first kappa shape index (κ1) is 24.2. The van der Waals surface area contributed by atoms with E-state index >= 15 is 0 Å². The number of aromatic amines is 1. The van der Waals surface area contributed by atoms with E-state index in [9.17, 15) is 13.9 Å². The van der Waals surface area contributed by atoms with E-state index < -0.39 is 23.4 Å². The molecule has 0 radical (unpaired) electrons. The highest BCUT2D eigenvalue weighted by Crippen LogP contribution is 2.60. The molecule has 2 unspecified atom stereocenters. The third-order valence-corrected chi connectivity index (χ3v) is 10.1. The third-order valence-electron chi connectivity index (χ3n) is 4.65. The molecule has 0 bridgehead atoms. The zero-order valence-electron chi connectivity index (χ0n) is 18.0. The van der Waals surface area contributed by atoms with Crippen LogP contribution >= 0.6 is 18.2 Å². The highest BCUT2D eigenvalue weighted by Gasteiger charge is 2.32. The summed E-state index contributed by atoms with van der Waals surface area (Å²) in [6.45, 7) is 2.35. The van der Waals surface area contributed by atoms with Crippen LogP contribution in [0.5, 0.6) is 5.75 Å². The molecule has 0 aromatic heterocycles. The first-order valence-corrected chi connectivity index (χ1v) is 14.9. The van der Waals surface area contributed by atoms with Crippen LogP contribution in [0.2, 0.25) is 0 Å². The van der Waals surface area contributed by atoms with Crippen molar-refractivity contribution in [1.82, 2.24) is 4.98 Å². The van der Waals surface area contributed by atoms with Gasteiger partial charge in [-0.2, -0.15) is 0 Å². The first-order chi connectivity index (χ1) is 14.9. The Morgan fingerprint density at radius 1 is 1.16 bits per heavy atom. The lowest BCUT2D eigenvalue weighted by Crippen LogP contribution is -2.17. The molecule has 1 aliphatic heterocycles. The van der Waals surface area contributed by atoms with Crippen LogP contribution < -0.4 is 9.95 Å². The molecule has 31 heavy (non-hydrogen) atoms. The van der Waals surface area contributed by atoms with Gasteiger partial charge in [0.15, 0.2) is 10.6 Å². The molecule has 0 saturated carbocycles. The second-order valence-corrected chi connectivity index (χ2v) is 12.7. The van der Waals surface area contributed by atoms with E-state index in [2.05, 4.69) is 4.98 Å². The number of pyridine rings is 1. The smallest absolute Gasteiger partial charge is 0.440 e. The van der Waals surface area contributed by atoms with Gasteiger partial charge in [-0.1, -0.05) is 38.5 Å². The Kier molecular flexibility index (Phi) is 8.53. The van der Waals surface area contributed by atoms with Gasteiger partial charge in [0, 0.05) is 17.3 Å². The van der Waals surface area contributed by atoms with Gasteiger partial charge in [0.2, 0.25) is 5.43 Å². The van der Waals surface area contributed by atoms with Crippen LogP contribution in [-0.4, -0.2) is 27.6 Å². The maximum Gasteiger partial charge on any atom is 0.440 e. The molecule has 168 valence electrons. The zero-order chi connectivity index (χ0) is 22.4. The number of H-pyrrole nitrogens is 1. The second-order valence-electron chi connectivity index (χ2n) is 7.04. The van der Waals surface area contributed by atoms with Crippen molar-refractivity contribution in [1.29, 1.82) is 0 Å². The van der Waals surface area contributed by atoms with E-state index in [0.29, 0.717) is 27.7 Å². The summed E-state index contributed by atoms with van der Waals surface area (Å²) in [6, 6.07) is 10.8. The first-order valence-electron chi connectivity index (χ1n) is 10.5. The van der Waals surface area contributed by atoms with Crippen LogP contribution in [0.3, 0.4) is 0 Å². The highest BCUT2D eigenvalue weighted by molar-refractivity contribution is 8.55. The Labute approximate surface area is 189 Å². The van der Waals surface area contributed by atoms with E-state index in [1.54, 1.807) is 13.0 Å². The van der Waals surface area contributed by atoms with Crippen molar-refractivity contribution >= 4 is 40.3 Å². The zero-order valence-corrected chi connectivity index (χ0v) is 20.5. The number of benzene rings is 2. The predicted molar refractivity (Wildman–Crippen MR) is 130 cm³/mol. The van der Waals surface area contributed by atoms with Crippen molar-refractivity contribution in [3.8, 4) is 17.0 Å². The van der Waals surface area contributed by atoms with Crippen molar-refractivity contribution in [2.75, 3.05) is 18.1 Å². The van der Waals surface area contributed by atoms with Crippen molar-refractivity contribution in [2.24, 2.45) is 0 Å². The molecule has 1 aliphatic carbocycles. The van der Waals surface area contributed by atoms with Crippen molar-refractivity contribution in [2.45, 2.75) is 44.9 Å². The summed E-state index contributed by atoms with van der Waals surface area (Å²) in [5.41, 5.74) is 1.32. The average molecular weight is 482 g/mol. The normalized spacial score (nSPS) is 14.6. The molecular weight excluding hydrogens is 453 g/mol. The van der Waals surface area contributed by atoms with E-state index in [1.165, 1.54) is 6.07 Å². The van der Waals surface area contributed by atoms with Gasteiger partial charge >= 0.3 is 6.80 Å². The highest BCUT2D eigenvalue weighted by atomic mass is 32.7. The average Bonchev–Trinajstić information content (AvgIpc) is 2.75. The molecule has 2 atom stereocenters. The summed E-state index contributed by atoms with van der Waals surface area (Å²) < 4.78 is 37.4. The van der Waals surface area contributed by atoms with Crippen LogP contribution in [0.25, 0.3) is 22.2 Å². The number of aromatic nitrogens is 1. The van der Waals surface area contributed by atoms with Gasteiger partial charge in [0.1, 0.15) is 11.4 Å². The summed E-state index contributed by atoms with van der Waals surface area (Å²) in [5, 5.41) is 0.849. The maximum atomic E-state index is 13.3. The number of hydrogen-bond donors (Lipinski definition) is 1. The molecule has 1 N–H and O–H groups in total. The van der Waals surface area contributed by atoms with E-state index in [1.807, 2.05) is 38.1 Å². The SMILES string of the molecule is CCCCSP(=O)(OCC)Oc1cc([S+]([O-])CCC)c2[nH]c3ccccc3cc-2c1=O. The molecule has 1 aromatic rings. The third kappa shape index (κ3) is 5.68. The van der Waals surface area contributed by atoms with Gasteiger partial charge in [-0.3, -0.25) is 9.32 Å². The minimum absolute atomic E-state index is 0.0867. The fourth-order valence-electron chi connectivity index (χ4n) is 3.16. The summed E-state index contributed by atoms with van der Waals surface area (Å²) in [5.74, 6) is 0.959. The standard InChI is InChI=1S/C22H28NO5PS2/c1-4-7-12-30-29(25,27-6-3)28-19-15-20(31(26)13-5-2)21-17(22(19)24)14-16-10-8-9-11-18(16)23-21/h8-11,14-15,23H,4-7,12-13H2,1-3H3. The van der Waals surface area contributed by atoms with Crippen LogP contribution in [0.4, 0.5) is 0 Å². The molecule has 9 heteroatoms. The fourth-order valence-corrected chi connectivity index (χ4v) is 7.89. The van der Waals surface area contributed by atoms with Crippen LogP contribution in [0.1, 0.15) is 40.0 Å². The number of rotatable bonds is 11. The van der Waals surface area contributed by atoms with E-state index in [4.69, 9.17) is 9.05 Å². The monoisotopic (exact) mass is 481 g/mol. The Morgan fingerprint density at radius 3 is 2.65 bits per heavy atom. The number of nitrogens with one attached hydrogen (secondary N) is 1. The Bertz CT molecular complexity index is 1100. The van der Waals surface area contributed by atoms with Gasteiger partial charge in [-0.25, -0.2) is 4.57 Å². The molecule has 2 aliphatic rings. The molecule has 0 fully saturated rings. The summed E-state index contributed by atoms with van der Waals surface area (Å²) in [7, 11) is 0. The van der Waals surface area contributed by atoms with Crippen LogP contribution in [0, 0.1) is 0 Å². The van der Waals surface area contributed by atoms with E-state index in [-0.39, 0.29) is 12.4 Å². The number of unbranched alkanes of at least 4 members (excludes halogenated alkanes) is 1. The van der Waals surface area contributed by atoms with Gasteiger partial charge in [0.25, 0.3) is 0 Å². The summed E-state index contributed by atoms with van der Waals surface area (Å²) in [6.07, 6.45) is 2.53. The van der Waals surface area contributed by atoms with Crippen LogP contribution in [-0.2, 0) is 20.3 Å². The van der Waals surface area contributed by atoms with Crippen LogP contribution in [0.15, 0.2) is 46.1 Å². The summed E-state index contributed by atoms with van der Waals surface area (Å²) >= 11 is -0.248. The lowest BCUT2D eigenvalue weighted by molar-refractivity contribution is 0.295. The molecule has 1 heterocycles. The minimum Gasteiger partial charge on any atom is -0.611 e. The number of para-hydroxylation sites is 1. The van der Waals surface area contributed by atoms with Gasteiger partial charge in [0.05, 0.1) is 12.2 Å². The number of hydrogen-bond acceptors (Lipinski definition) is 6. The lowest BCUT2D eigenvalue weighted by atomic mass is 10.1. The molecule has 6 nitrogen and oxygen atoms in total. The molecule has 0 saturated heterocycles. The second kappa shape index (κ2) is 10.9. The largest absolute Gasteiger partial charge is 0.611 e. The van der Waals surface area contributed by atoms with Crippen molar-refractivity contribution in [3.63, 3.8) is 0 Å². The van der Waals surface area contributed by atoms with Gasteiger partial charge in [-0.05, 0) is 59.8 Å². The molecule has 3 rings (SSSR count). The minimum atomic E-state index is -3.58. The lowest BCUT2D eigenvalue weighted by Gasteiger charge is -2.20. The quantitative estimate of drug-likeness (QED) is 0.152. The Morgan fingerprint density at radius 2 is 1.94 bits per heavy atom. The molecule has 0 spiro atoms. The van der Waals surface area contributed by atoms with Gasteiger partial charge in [-0.15, -0.1) is 0 Å². The Hall–Kier alpha value is -1.44. The molecule has 1 aromatic carbocycles. The van der Waals surface area contributed by atoms with Gasteiger partial charge < -0.3 is 14.1 Å². The summed E-state index contributed by atoms with van der Waals surface area (Å²) in [4.78, 5) is 17.0. The fraction of sp³-hybridized carbons (Fsp3) is 0.409.